The quantitative estimate of drug-likeness (QED) is 0.709. The molecule has 0 aromatic heterocycles. The summed E-state index contributed by atoms with van der Waals surface area (Å²) in [5, 5.41) is 14.1. The van der Waals surface area contributed by atoms with Gasteiger partial charge in [0.25, 0.3) is 0 Å². The standard InChI is InChI=1S/C10H9F3N2O2/c11-10(12,13)5-1-2-6-7(3-5)14-4-8(15-6)9(16)17/h1-3,8,14-15H,4H2,(H,16,17). The van der Waals surface area contributed by atoms with Crippen molar-refractivity contribution in [2.24, 2.45) is 0 Å². The summed E-state index contributed by atoms with van der Waals surface area (Å²) in [6.07, 6.45) is -4.40. The van der Waals surface area contributed by atoms with Crippen molar-refractivity contribution in [3.63, 3.8) is 0 Å². The van der Waals surface area contributed by atoms with E-state index in [1.807, 2.05) is 0 Å². The molecule has 17 heavy (non-hydrogen) atoms. The largest absolute Gasteiger partial charge is 0.480 e. The predicted molar refractivity (Wildman–Crippen MR) is 55.0 cm³/mol. The van der Waals surface area contributed by atoms with Gasteiger partial charge in [0.15, 0.2) is 0 Å². The molecule has 1 heterocycles. The Labute approximate surface area is 94.4 Å². The van der Waals surface area contributed by atoms with E-state index in [0.29, 0.717) is 5.69 Å². The van der Waals surface area contributed by atoms with Gasteiger partial charge in [-0.2, -0.15) is 13.2 Å². The molecule has 2 rings (SSSR count). The Morgan fingerprint density at radius 3 is 2.65 bits per heavy atom. The fourth-order valence-electron chi connectivity index (χ4n) is 1.59. The van der Waals surface area contributed by atoms with Crippen LogP contribution in [0.5, 0.6) is 0 Å². The fraction of sp³-hybridized carbons (Fsp3) is 0.300. The molecule has 1 aromatic rings. The Morgan fingerprint density at radius 2 is 2.06 bits per heavy atom. The molecule has 4 nitrogen and oxygen atoms in total. The van der Waals surface area contributed by atoms with E-state index in [2.05, 4.69) is 10.6 Å². The second-order valence-corrected chi connectivity index (χ2v) is 3.67. The van der Waals surface area contributed by atoms with E-state index < -0.39 is 23.8 Å². The molecule has 0 fully saturated rings. The number of aliphatic carboxylic acids is 1. The van der Waals surface area contributed by atoms with Gasteiger partial charge in [0, 0.05) is 6.54 Å². The summed E-state index contributed by atoms with van der Waals surface area (Å²) in [5.74, 6) is -1.05. The molecular formula is C10H9F3N2O2. The van der Waals surface area contributed by atoms with Gasteiger partial charge in [0.2, 0.25) is 0 Å². The second kappa shape index (κ2) is 3.83. The lowest BCUT2D eigenvalue weighted by atomic mass is 10.1. The summed E-state index contributed by atoms with van der Waals surface area (Å²) in [6.45, 7) is 0.0453. The van der Waals surface area contributed by atoms with Crippen LogP contribution in [0.2, 0.25) is 0 Å². The molecule has 1 aliphatic heterocycles. The number of rotatable bonds is 1. The van der Waals surface area contributed by atoms with Crippen LogP contribution in [0.15, 0.2) is 18.2 Å². The van der Waals surface area contributed by atoms with Gasteiger partial charge in [-0.1, -0.05) is 0 Å². The number of anilines is 2. The van der Waals surface area contributed by atoms with E-state index in [1.165, 1.54) is 6.07 Å². The van der Waals surface area contributed by atoms with Crippen molar-refractivity contribution in [1.82, 2.24) is 0 Å². The van der Waals surface area contributed by atoms with Gasteiger partial charge < -0.3 is 15.7 Å². The zero-order valence-electron chi connectivity index (χ0n) is 8.51. The third-order valence-electron chi connectivity index (χ3n) is 2.47. The number of hydrogen-bond acceptors (Lipinski definition) is 3. The number of carboxylic acid groups (broad SMARTS) is 1. The number of fused-ring (bicyclic) bond motifs is 1. The van der Waals surface area contributed by atoms with Gasteiger partial charge in [0.1, 0.15) is 6.04 Å². The highest BCUT2D eigenvalue weighted by Gasteiger charge is 2.32. The van der Waals surface area contributed by atoms with Crippen molar-refractivity contribution in [2.75, 3.05) is 17.2 Å². The van der Waals surface area contributed by atoms with Gasteiger partial charge in [-0.25, -0.2) is 4.79 Å². The molecule has 1 unspecified atom stereocenters. The summed E-state index contributed by atoms with van der Waals surface area (Å²) in [4.78, 5) is 10.7. The van der Waals surface area contributed by atoms with Crippen molar-refractivity contribution in [3.05, 3.63) is 23.8 Å². The summed E-state index contributed by atoms with van der Waals surface area (Å²) >= 11 is 0. The number of alkyl halides is 3. The summed E-state index contributed by atoms with van der Waals surface area (Å²) in [5.41, 5.74) is -0.145. The van der Waals surface area contributed by atoms with E-state index in [0.717, 1.165) is 12.1 Å². The molecule has 1 aliphatic rings. The number of hydrogen-bond donors (Lipinski definition) is 3. The predicted octanol–water partition coefficient (Wildman–Crippen LogP) is 2.00. The first-order valence-electron chi connectivity index (χ1n) is 4.82. The lowest BCUT2D eigenvalue weighted by Crippen LogP contribution is -2.39. The van der Waals surface area contributed by atoms with Gasteiger partial charge in [-0.3, -0.25) is 0 Å². The number of benzene rings is 1. The Balaban J connectivity index is 2.29. The number of halogens is 3. The van der Waals surface area contributed by atoms with Crippen molar-refractivity contribution in [2.45, 2.75) is 12.2 Å². The third kappa shape index (κ3) is 2.27. The van der Waals surface area contributed by atoms with E-state index in [-0.39, 0.29) is 12.2 Å². The maximum Gasteiger partial charge on any atom is 0.416 e. The highest BCUT2D eigenvalue weighted by molar-refractivity contribution is 5.83. The van der Waals surface area contributed by atoms with Gasteiger partial charge in [-0.05, 0) is 18.2 Å². The molecular weight excluding hydrogens is 237 g/mol. The zero-order chi connectivity index (χ0) is 12.6. The van der Waals surface area contributed by atoms with Crippen LogP contribution < -0.4 is 10.6 Å². The average Bonchev–Trinajstić information content (AvgIpc) is 2.26. The lowest BCUT2D eigenvalue weighted by molar-refractivity contribution is -0.138. The first kappa shape index (κ1) is 11.6. The Bertz CT molecular complexity index is 459. The first-order chi connectivity index (χ1) is 7.88. The molecule has 7 heteroatoms. The molecule has 0 radical (unpaired) electrons. The second-order valence-electron chi connectivity index (χ2n) is 3.67. The Kier molecular flexibility index (Phi) is 2.60. The molecule has 0 aliphatic carbocycles. The lowest BCUT2D eigenvalue weighted by Gasteiger charge is -2.26. The first-order valence-corrected chi connectivity index (χ1v) is 4.82. The smallest absolute Gasteiger partial charge is 0.416 e. The molecule has 0 saturated heterocycles. The fourth-order valence-corrected chi connectivity index (χ4v) is 1.59. The van der Waals surface area contributed by atoms with E-state index >= 15 is 0 Å². The molecule has 0 saturated carbocycles. The molecule has 1 atom stereocenters. The third-order valence-corrected chi connectivity index (χ3v) is 2.47. The maximum atomic E-state index is 12.4. The van der Waals surface area contributed by atoms with E-state index in [1.54, 1.807) is 0 Å². The van der Waals surface area contributed by atoms with E-state index in [9.17, 15) is 18.0 Å². The molecule has 0 amide bonds. The van der Waals surface area contributed by atoms with E-state index in [4.69, 9.17) is 5.11 Å². The summed E-state index contributed by atoms with van der Waals surface area (Å²) in [6, 6.07) is 2.26. The van der Waals surface area contributed by atoms with Crippen LogP contribution in [-0.4, -0.2) is 23.7 Å². The monoisotopic (exact) mass is 246 g/mol. The van der Waals surface area contributed by atoms with Gasteiger partial charge in [-0.15, -0.1) is 0 Å². The molecule has 0 bridgehead atoms. The van der Waals surface area contributed by atoms with Crippen molar-refractivity contribution in [3.8, 4) is 0 Å². The molecule has 3 N–H and O–H groups in total. The van der Waals surface area contributed by atoms with Crippen LogP contribution >= 0.6 is 0 Å². The van der Waals surface area contributed by atoms with Crippen LogP contribution in [0.3, 0.4) is 0 Å². The van der Waals surface area contributed by atoms with Crippen molar-refractivity contribution >= 4 is 17.3 Å². The molecule has 1 aromatic carbocycles. The SMILES string of the molecule is O=C(O)C1CNc2cc(C(F)(F)F)ccc2N1. The Morgan fingerprint density at radius 1 is 1.35 bits per heavy atom. The minimum atomic E-state index is -4.40. The van der Waals surface area contributed by atoms with Crippen LogP contribution in [0.25, 0.3) is 0 Å². The highest BCUT2D eigenvalue weighted by Crippen LogP contribution is 2.35. The van der Waals surface area contributed by atoms with Gasteiger partial charge >= 0.3 is 12.1 Å². The number of carboxylic acids is 1. The number of carbonyl (C=O) groups is 1. The zero-order valence-corrected chi connectivity index (χ0v) is 8.51. The maximum absolute atomic E-state index is 12.4. The van der Waals surface area contributed by atoms with Gasteiger partial charge in [0.05, 0.1) is 16.9 Å². The highest BCUT2D eigenvalue weighted by atomic mass is 19.4. The van der Waals surface area contributed by atoms with Crippen LogP contribution in [0.4, 0.5) is 24.5 Å². The minimum absolute atomic E-state index is 0.0453. The van der Waals surface area contributed by atoms with Crippen LogP contribution in [-0.2, 0) is 11.0 Å². The topological polar surface area (TPSA) is 61.4 Å². The molecule has 92 valence electrons. The summed E-state index contributed by atoms with van der Waals surface area (Å²) in [7, 11) is 0. The average molecular weight is 246 g/mol. The van der Waals surface area contributed by atoms with Crippen LogP contribution in [0.1, 0.15) is 5.56 Å². The Hall–Kier alpha value is -1.92. The van der Waals surface area contributed by atoms with Crippen LogP contribution in [0, 0.1) is 0 Å². The summed E-state index contributed by atoms with van der Waals surface area (Å²) < 4.78 is 37.3. The molecule has 0 spiro atoms. The van der Waals surface area contributed by atoms with Crippen molar-refractivity contribution in [1.29, 1.82) is 0 Å². The number of nitrogens with one attached hydrogen (secondary N) is 2. The normalized spacial score (nSPS) is 18.9. The minimum Gasteiger partial charge on any atom is -0.480 e. The van der Waals surface area contributed by atoms with Crippen molar-refractivity contribution < 1.29 is 23.1 Å².